The summed E-state index contributed by atoms with van der Waals surface area (Å²) in [4.78, 5) is 24.7. The van der Waals surface area contributed by atoms with E-state index in [2.05, 4.69) is 0 Å². The molecule has 4 nitrogen and oxygen atoms in total. The second-order valence-electron chi connectivity index (χ2n) is 6.75. The largest absolute Gasteiger partial charge is 0.481 e. The van der Waals surface area contributed by atoms with Gasteiger partial charge in [0.15, 0.2) is 0 Å². The molecule has 3 rings (SSSR count). The van der Waals surface area contributed by atoms with Gasteiger partial charge < -0.3 is 9.84 Å². The second kappa shape index (κ2) is 7.09. The van der Waals surface area contributed by atoms with Crippen LogP contribution < -0.4 is 0 Å². The van der Waals surface area contributed by atoms with Crippen LogP contribution >= 0.6 is 0 Å². The number of carboxylic acid groups (broad SMARTS) is 1. The number of benzene rings is 2. The normalized spacial score (nSPS) is 25.2. The van der Waals surface area contributed by atoms with Crippen LogP contribution in [0.4, 0.5) is 0 Å². The van der Waals surface area contributed by atoms with E-state index in [-0.39, 0.29) is 23.9 Å². The molecular weight excluding hydrogens is 316 g/mol. The Morgan fingerprint density at radius 1 is 0.840 bits per heavy atom. The van der Waals surface area contributed by atoms with E-state index < -0.39 is 17.8 Å². The monoisotopic (exact) mass is 338 g/mol. The van der Waals surface area contributed by atoms with E-state index in [4.69, 9.17) is 4.74 Å². The third-order valence-electron chi connectivity index (χ3n) is 4.83. The van der Waals surface area contributed by atoms with Crippen molar-refractivity contribution in [2.45, 2.75) is 31.8 Å². The minimum absolute atomic E-state index is 0.232. The maximum atomic E-state index is 12.8. The molecule has 1 saturated carbocycles. The Morgan fingerprint density at radius 2 is 1.28 bits per heavy atom. The molecule has 4 heteroatoms. The lowest BCUT2D eigenvalue weighted by atomic mass is 9.52. The van der Waals surface area contributed by atoms with Crippen molar-refractivity contribution in [1.82, 2.24) is 0 Å². The molecule has 0 radical (unpaired) electrons. The quantitative estimate of drug-likeness (QED) is 0.842. The number of ether oxygens (including phenoxy) is 1. The van der Waals surface area contributed by atoms with Crippen LogP contribution in [0.3, 0.4) is 0 Å². The van der Waals surface area contributed by atoms with Crippen molar-refractivity contribution >= 4 is 11.9 Å². The number of carbonyl (C=O) groups is 2. The van der Waals surface area contributed by atoms with Crippen molar-refractivity contribution in [3.63, 3.8) is 0 Å². The molecule has 2 aromatic rings. The molecule has 0 unspecified atom stereocenters. The van der Waals surface area contributed by atoms with Gasteiger partial charge in [-0.15, -0.1) is 0 Å². The summed E-state index contributed by atoms with van der Waals surface area (Å²) in [6.07, 6.45) is -0.232. The summed E-state index contributed by atoms with van der Waals surface area (Å²) in [5.74, 6) is -3.10. The van der Waals surface area contributed by atoms with Gasteiger partial charge in [-0.2, -0.15) is 0 Å². The molecule has 0 aliphatic heterocycles. The van der Waals surface area contributed by atoms with Crippen LogP contribution in [-0.2, 0) is 14.3 Å². The summed E-state index contributed by atoms with van der Waals surface area (Å²) >= 11 is 0. The SMILES string of the molecule is CC(C)OC(=O)[C@H]1[C@H](c2ccccc2)[C@@H](C(=O)O)[C@H]1c1ccccc1. The van der Waals surface area contributed by atoms with Crippen LogP contribution in [0.15, 0.2) is 60.7 Å². The topological polar surface area (TPSA) is 63.6 Å². The highest BCUT2D eigenvalue weighted by atomic mass is 16.5. The van der Waals surface area contributed by atoms with Gasteiger partial charge in [0.2, 0.25) is 0 Å². The zero-order valence-electron chi connectivity index (χ0n) is 14.3. The third-order valence-corrected chi connectivity index (χ3v) is 4.83. The Bertz CT molecular complexity index is 692. The van der Waals surface area contributed by atoms with Crippen molar-refractivity contribution in [2.24, 2.45) is 11.8 Å². The average molecular weight is 338 g/mol. The predicted molar refractivity (Wildman–Crippen MR) is 94.2 cm³/mol. The molecule has 1 N–H and O–H groups in total. The molecule has 0 heterocycles. The number of hydrogen-bond donors (Lipinski definition) is 1. The summed E-state index contributed by atoms with van der Waals surface area (Å²) in [5.41, 5.74) is 1.74. The first-order valence-electron chi connectivity index (χ1n) is 8.54. The Labute approximate surface area is 147 Å². The zero-order chi connectivity index (χ0) is 18.0. The van der Waals surface area contributed by atoms with Gasteiger partial charge in [0, 0.05) is 11.8 Å². The van der Waals surface area contributed by atoms with Crippen molar-refractivity contribution < 1.29 is 19.4 Å². The minimum atomic E-state index is -0.878. The molecule has 130 valence electrons. The van der Waals surface area contributed by atoms with Gasteiger partial charge in [-0.1, -0.05) is 60.7 Å². The predicted octanol–water partition coefficient (Wildman–Crippen LogP) is 3.84. The maximum absolute atomic E-state index is 12.8. The Balaban J connectivity index is 2.03. The van der Waals surface area contributed by atoms with Crippen LogP contribution in [0.25, 0.3) is 0 Å². The molecule has 1 aliphatic rings. The van der Waals surface area contributed by atoms with Gasteiger partial charge in [0.1, 0.15) is 0 Å². The van der Waals surface area contributed by atoms with Crippen LogP contribution in [0.2, 0.25) is 0 Å². The molecule has 1 aliphatic carbocycles. The molecule has 2 aromatic carbocycles. The Morgan fingerprint density at radius 3 is 1.64 bits per heavy atom. The number of hydrogen-bond acceptors (Lipinski definition) is 3. The van der Waals surface area contributed by atoms with E-state index in [1.807, 2.05) is 60.7 Å². The summed E-state index contributed by atoms with van der Waals surface area (Å²) in [7, 11) is 0. The number of esters is 1. The van der Waals surface area contributed by atoms with Crippen molar-refractivity contribution in [2.75, 3.05) is 0 Å². The summed E-state index contributed by atoms with van der Waals surface area (Å²) in [6.45, 7) is 3.61. The first-order chi connectivity index (χ1) is 12.0. The molecule has 1 fully saturated rings. The van der Waals surface area contributed by atoms with E-state index >= 15 is 0 Å². The summed E-state index contributed by atoms with van der Waals surface area (Å²) in [5, 5.41) is 9.83. The number of rotatable bonds is 5. The third kappa shape index (κ3) is 3.29. The molecule has 0 aromatic heterocycles. The Kier molecular flexibility index (Phi) is 4.88. The highest BCUT2D eigenvalue weighted by molar-refractivity contribution is 5.84. The zero-order valence-corrected chi connectivity index (χ0v) is 14.3. The van der Waals surface area contributed by atoms with Gasteiger partial charge in [-0.05, 0) is 25.0 Å². The maximum Gasteiger partial charge on any atom is 0.310 e. The molecule has 0 bridgehead atoms. The molecule has 0 saturated heterocycles. The summed E-state index contributed by atoms with van der Waals surface area (Å²) < 4.78 is 5.45. The fourth-order valence-corrected chi connectivity index (χ4v) is 3.84. The van der Waals surface area contributed by atoms with E-state index in [1.165, 1.54) is 0 Å². The second-order valence-corrected chi connectivity index (χ2v) is 6.75. The highest BCUT2D eigenvalue weighted by Gasteiger charge is 2.59. The van der Waals surface area contributed by atoms with Crippen LogP contribution in [0, 0.1) is 11.8 Å². The first kappa shape index (κ1) is 17.2. The lowest BCUT2D eigenvalue weighted by molar-refractivity contribution is -0.166. The Hall–Kier alpha value is -2.62. The number of carbonyl (C=O) groups excluding carboxylic acids is 1. The van der Waals surface area contributed by atoms with E-state index in [0.717, 1.165) is 11.1 Å². The first-order valence-corrected chi connectivity index (χ1v) is 8.54. The fraction of sp³-hybridized carbons (Fsp3) is 0.333. The lowest BCUT2D eigenvalue weighted by Crippen LogP contribution is -2.51. The minimum Gasteiger partial charge on any atom is -0.481 e. The number of aliphatic carboxylic acids is 1. The average Bonchev–Trinajstić information content (AvgIpc) is 2.55. The van der Waals surface area contributed by atoms with Crippen LogP contribution in [0.1, 0.15) is 36.8 Å². The molecule has 0 amide bonds. The van der Waals surface area contributed by atoms with E-state index in [1.54, 1.807) is 13.8 Å². The molecule has 2 atom stereocenters. The van der Waals surface area contributed by atoms with E-state index in [0.29, 0.717) is 0 Å². The van der Waals surface area contributed by atoms with E-state index in [9.17, 15) is 14.7 Å². The molecule has 25 heavy (non-hydrogen) atoms. The highest BCUT2D eigenvalue weighted by Crippen LogP contribution is 2.58. The standard InChI is InChI=1S/C21H22O4/c1-13(2)25-21(24)19-16(14-9-5-3-6-10-14)18(20(22)23)17(19)15-11-7-4-8-12-15/h3-13,16-19H,1-2H3,(H,22,23)/t16-,17-,18-,19+/m1/s1. The lowest BCUT2D eigenvalue weighted by Gasteiger charge is -2.49. The van der Waals surface area contributed by atoms with Crippen molar-refractivity contribution in [3.8, 4) is 0 Å². The van der Waals surface area contributed by atoms with Gasteiger partial charge in [0.05, 0.1) is 17.9 Å². The molecule has 0 spiro atoms. The van der Waals surface area contributed by atoms with Crippen LogP contribution in [0.5, 0.6) is 0 Å². The van der Waals surface area contributed by atoms with Crippen LogP contribution in [-0.4, -0.2) is 23.1 Å². The van der Waals surface area contributed by atoms with Gasteiger partial charge in [-0.3, -0.25) is 9.59 Å². The van der Waals surface area contributed by atoms with Crippen molar-refractivity contribution in [3.05, 3.63) is 71.8 Å². The summed E-state index contributed by atoms with van der Waals surface area (Å²) in [6, 6.07) is 18.8. The van der Waals surface area contributed by atoms with Gasteiger partial charge in [0.25, 0.3) is 0 Å². The smallest absolute Gasteiger partial charge is 0.310 e. The number of carboxylic acids is 1. The van der Waals surface area contributed by atoms with Gasteiger partial charge in [-0.25, -0.2) is 0 Å². The fourth-order valence-electron chi connectivity index (χ4n) is 3.84. The molecular formula is C21H22O4. The van der Waals surface area contributed by atoms with Gasteiger partial charge >= 0.3 is 11.9 Å². The van der Waals surface area contributed by atoms with Crippen molar-refractivity contribution in [1.29, 1.82) is 0 Å².